The van der Waals surface area contributed by atoms with Crippen molar-refractivity contribution in [3.05, 3.63) is 95.1 Å². The molecule has 0 saturated heterocycles. The molecule has 2 amide bonds. The van der Waals surface area contributed by atoms with Gasteiger partial charge >= 0.3 is 0 Å². The number of sulfonamides is 1. The van der Waals surface area contributed by atoms with Gasteiger partial charge in [0.25, 0.3) is 0 Å². The number of hydrogen-bond donors (Lipinski definition) is 3. The second kappa shape index (κ2) is 10.2. The van der Waals surface area contributed by atoms with Crippen LogP contribution in [0.2, 0.25) is 0 Å². The third-order valence-corrected chi connectivity index (χ3v) is 8.33. The lowest BCUT2D eigenvalue weighted by atomic mass is 9.87. The summed E-state index contributed by atoms with van der Waals surface area (Å²) in [6, 6.07) is 21.0. The van der Waals surface area contributed by atoms with Crippen molar-refractivity contribution in [2.45, 2.75) is 55.5 Å². The molecule has 3 N–H and O–H groups in total. The highest BCUT2D eigenvalue weighted by molar-refractivity contribution is 7.89. The van der Waals surface area contributed by atoms with Crippen LogP contribution in [0.25, 0.3) is 0 Å². The second-order valence-corrected chi connectivity index (χ2v) is 11.1. The number of fused-ring (bicyclic) bond motifs is 2. The molecule has 0 aromatic heterocycles. The van der Waals surface area contributed by atoms with E-state index in [1.165, 1.54) is 11.6 Å². The van der Waals surface area contributed by atoms with Gasteiger partial charge in [0.15, 0.2) is 0 Å². The number of nitrogens with one attached hydrogen (secondary N) is 3. The van der Waals surface area contributed by atoms with E-state index in [4.69, 9.17) is 0 Å². The van der Waals surface area contributed by atoms with E-state index in [0.717, 1.165) is 36.0 Å². The van der Waals surface area contributed by atoms with Crippen molar-refractivity contribution in [3.8, 4) is 0 Å². The average molecular weight is 504 g/mol. The molecule has 2 aliphatic rings. The van der Waals surface area contributed by atoms with Crippen molar-refractivity contribution in [1.29, 1.82) is 0 Å². The first-order valence-corrected chi connectivity index (χ1v) is 13.7. The molecule has 3 aromatic rings. The van der Waals surface area contributed by atoms with E-state index < -0.39 is 16.1 Å². The lowest BCUT2D eigenvalue weighted by Crippen LogP contribution is -2.49. The van der Waals surface area contributed by atoms with Crippen LogP contribution in [0.4, 0.5) is 5.69 Å². The highest BCUT2D eigenvalue weighted by Gasteiger charge is 2.30. The topological polar surface area (TPSA) is 104 Å². The minimum absolute atomic E-state index is 0.0753. The Hall–Kier alpha value is -3.49. The summed E-state index contributed by atoms with van der Waals surface area (Å²) in [5.41, 5.74) is 4.56. The molecular weight excluding hydrogens is 474 g/mol. The van der Waals surface area contributed by atoms with Gasteiger partial charge in [-0.15, -0.1) is 0 Å². The van der Waals surface area contributed by atoms with Crippen LogP contribution in [-0.4, -0.2) is 26.3 Å². The van der Waals surface area contributed by atoms with Crippen LogP contribution in [0.1, 0.15) is 47.6 Å². The standard InChI is InChI=1S/C28H29N3O4S/c32-27-16-13-21-18-22(14-15-24(21)29-27)36(34,35)31-26(17-19-7-2-1-3-8-19)28(33)30-25-12-6-10-20-9-4-5-11-23(20)25/h1-5,7-9,11,14-15,18,25-26,31H,6,10,12-13,16-17H2,(H,29,32)(H,30,33)/t25-,26-/m0/s1. The van der Waals surface area contributed by atoms with E-state index in [1.54, 1.807) is 12.1 Å². The SMILES string of the molecule is O=C1CCc2cc(S(=O)(=O)N[C@@H](Cc3ccccc3)C(=O)N[C@H]3CCCc4ccccc43)ccc2N1. The lowest BCUT2D eigenvalue weighted by Gasteiger charge is -2.28. The molecule has 3 aromatic carbocycles. The average Bonchev–Trinajstić information content (AvgIpc) is 2.88. The molecule has 1 aliphatic carbocycles. The smallest absolute Gasteiger partial charge is 0.241 e. The summed E-state index contributed by atoms with van der Waals surface area (Å²) in [4.78, 5) is 25.2. The van der Waals surface area contributed by atoms with Crippen LogP contribution < -0.4 is 15.4 Å². The van der Waals surface area contributed by atoms with E-state index in [-0.39, 0.29) is 29.2 Å². The molecule has 1 aliphatic heterocycles. The number of aryl methyl sites for hydroxylation is 2. The van der Waals surface area contributed by atoms with Gasteiger partial charge in [0, 0.05) is 12.1 Å². The Morgan fingerprint density at radius 3 is 2.56 bits per heavy atom. The summed E-state index contributed by atoms with van der Waals surface area (Å²) < 4.78 is 29.5. The van der Waals surface area contributed by atoms with Crippen molar-refractivity contribution in [2.75, 3.05) is 5.32 Å². The van der Waals surface area contributed by atoms with E-state index in [2.05, 4.69) is 21.4 Å². The van der Waals surface area contributed by atoms with Gasteiger partial charge in [-0.25, -0.2) is 8.42 Å². The Kier molecular flexibility index (Phi) is 6.89. The molecule has 36 heavy (non-hydrogen) atoms. The maximum atomic E-state index is 13.5. The van der Waals surface area contributed by atoms with Crippen molar-refractivity contribution < 1.29 is 18.0 Å². The van der Waals surface area contributed by atoms with Crippen LogP contribution >= 0.6 is 0 Å². The summed E-state index contributed by atoms with van der Waals surface area (Å²) in [6.45, 7) is 0. The van der Waals surface area contributed by atoms with Gasteiger partial charge in [-0.1, -0.05) is 54.6 Å². The Morgan fingerprint density at radius 1 is 0.944 bits per heavy atom. The van der Waals surface area contributed by atoms with Crippen LogP contribution in [-0.2, 0) is 38.9 Å². The first-order valence-electron chi connectivity index (χ1n) is 12.3. The number of hydrogen-bond acceptors (Lipinski definition) is 4. The first-order chi connectivity index (χ1) is 17.4. The Balaban J connectivity index is 1.40. The molecular formula is C28H29N3O4S. The molecule has 186 valence electrons. The second-order valence-electron chi connectivity index (χ2n) is 9.38. The van der Waals surface area contributed by atoms with Gasteiger partial charge in [0.2, 0.25) is 21.8 Å². The van der Waals surface area contributed by atoms with Gasteiger partial charge in [-0.3, -0.25) is 9.59 Å². The summed E-state index contributed by atoms with van der Waals surface area (Å²) in [5.74, 6) is -0.436. The fourth-order valence-electron chi connectivity index (χ4n) is 5.00. The summed E-state index contributed by atoms with van der Waals surface area (Å²) in [5, 5.41) is 5.88. The quantitative estimate of drug-likeness (QED) is 0.458. The Labute approximate surface area is 211 Å². The van der Waals surface area contributed by atoms with Crippen LogP contribution in [0.5, 0.6) is 0 Å². The van der Waals surface area contributed by atoms with Crippen LogP contribution in [0, 0.1) is 0 Å². The maximum Gasteiger partial charge on any atom is 0.241 e. The van der Waals surface area contributed by atoms with Crippen molar-refractivity contribution in [2.24, 2.45) is 0 Å². The molecule has 0 saturated carbocycles. The van der Waals surface area contributed by atoms with Crippen molar-refractivity contribution in [3.63, 3.8) is 0 Å². The van der Waals surface area contributed by atoms with Gasteiger partial charge in [0.1, 0.15) is 6.04 Å². The number of rotatable bonds is 7. The van der Waals surface area contributed by atoms with Gasteiger partial charge in [-0.05, 0) is 72.6 Å². The van der Waals surface area contributed by atoms with Crippen LogP contribution in [0.15, 0.2) is 77.7 Å². The molecule has 7 nitrogen and oxygen atoms in total. The van der Waals surface area contributed by atoms with E-state index in [0.29, 0.717) is 18.5 Å². The number of anilines is 1. The molecule has 0 fully saturated rings. The predicted molar refractivity (Wildman–Crippen MR) is 138 cm³/mol. The van der Waals surface area contributed by atoms with Gasteiger partial charge < -0.3 is 10.6 Å². The number of carbonyl (C=O) groups excluding carboxylic acids is 2. The molecule has 0 radical (unpaired) electrons. The van der Waals surface area contributed by atoms with E-state index in [1.807, 2.05) is 48.5 Å². The van der Waals surface area contributed by atoms with Crippen molar-refractivity contribution >= 4 is 27.5 Å². The largest absolute Gasteiger partial charge is 0.348 e. The fourth-order valence-corrected chi connectivity index (χ4v) is 6.24. The number of amides is 2. The minimum Gasteiger partial charge on any atom is -0.348 e. The lowest BCUT2D eigenvalue weighted by molar-refractivity contribution is -0.123. The van der Waals surface area contributed by atoms with Gasteiger partial charge in [0.05, 0.1) is 10.9 Å². The number of carbonyl (C=O) groups is 2. The summed E-state index contributed by atoms with van der Waals surface area (Å²) >= 11 is 0. The zero-order valence-electron chi connectivity index (χ0n) is 19.9. The molecule has 0 bridgehead atoms. The summed E-state index contributed by atoms with van der Waals surface area (Å²) in [6.07, 6.45) is 3.75. The van der Waals surface area contributed by atoms with Crippen molar-refractivity contribution in [1.82, 2.24) is 10.0 Å². The normalized spacial score (nSPS) is 17.9. The number of benzene rings is 3. The van der Waals surface area contributed by atoms with E-state index >= 15 is 0 Å². The van der Waals surface area contributed by atoms with Crippen LogP contribution in [0.3, 0.4) is 0 Å². The van der Waals surface area contributed by atoms with Gasteiger partial charge in [-0.2, -0.15) is 4.72 Å². The summed E-state index contributed by atoms with van der Waals surface area (Å²) in [7, 11) is -4.00. The molecule has 5 rings (SSSR count). The highest BCUT2D eigenvalue weighted by Crippen LogP contribution is 2.30. The fraction of sp³-hybridized carbons (Fsp3) is 0.286. The third kappa shape index (κ3) is 5.34. The molecule has 2 atom stereocenters. The maximum absolute atomic E-state index is 13.5. The monoisotopic (exact) mass is 503 g/mol. The molecule has 1 heterocycles. The third-order valence-electron chi connectivity index (χ3n) is 6.86. The highest BCUT2D eigenvalue weighted by atomic mass is 32.2. The zero-order chi connectivity index (χ0) is 25.1. The Bertz CT molecular complexity index is 1390. The molecule has 0 spiro atoms. The Morgan fingerprint density at radius 2 is 1.72 bits per heavy atom. The zero-order valence-corrected chi connectivity index (χ0v) is 20.7. The minimum atomic E-state index is -4.00. The molecule has 8 heteroatoms. The predicted octanol–water partition coefficient (Wildman–Crippen LogP) is 3.65. The van der Waals surface area contributed by atoms with E-state index in [9.17, 15) is 18.0 Å². The first kappa shape index (κ1) is 24.2. The molecule has 0 unspecified atom stereocenters.